The summed E-state index contributed by atoms with van der Waals surface area (Å²) < 4.78 is 4.94. The highest BCUT2D eigenvalue weighted by atomic mass is 16.3. The SMILES string of the molecule is [c]1ncnc(-c2ncco2)n1. The van der Waals surface area contributed by atoms with Crippen LogP contribution in [0.25, 0.3) is 11.7 Å². The fourth-order valence-corrected chi connectivity index (χ4v) is 0.651. The van der Waals surface area contributed by atoms with Crippen LogP contribution in [0.2, 0.25) is 0 Å². The second-order valence-corrected chi connectivity index (χ2v) is 1.75. The lowest BCUT2D eigenvalue weighted by atomic mass is 10.6. The molecule has 1 radical (unpaired) electrons. The lowest BCUT2D eigenvalue weighted by Crippen LogP contribution is -1.88. The van der Waals surface area contributed by atoms with Gasteiger partial charge in [-0.2, -0.15) is 0 Å². The minimum atomic E-state index is 0.378. The normalized spacial score (nSPS) is 9.82. The summed E-state index contributed by atoms with van der Waals surface area (Å²) >= 11 is 0. The Bertz CT molecular complexity index is 318. The van der Waals surface area contributed by atoms with Gasteiger partial charge >= 0.3 is 0 Å². The molecule has 0 fully saturated rings. The fraction of sp³-hybridized carbons (Fsp3) is 0. The van der Waals surface area contributed by atoms with Gasteiger partial charge < -0.3 is 4.42 Å². The van der Waals surface area contributed by atoms with E-state index in [1.54, 1.807) is 0 Å². The van der Waals surface area contributed by atoms with E-state index in [-0.39, 0.29) is 0 Å². The van der Waals surface area contributed by atoms with E-state index in [0.717, 1.165) is 0 Å². The van der Waals surface area contributed by atoms with Crippen LogP contribution < -0.4 is 0 Å². The second kappa shape index (κ2) is 2.45. The molecular formula is C6H3N4O. The van der Waals surface area contributed by atoms with E-state index in [1.807, 2.05) is 0 Å². The van der Waals surface area contributed by atoms with E-state index in [1.165, 1.54) is 18.8 Å². The van der Waals surface area contributed by atoms with Crippen molar-refractivity contribution >= 4 is 0 Å². The molecule has 0 saturated heterocycles. The van der Waals surface area contributed by atoms with Gasteiger partial charge in [-0.15, -0.1) is 0 Å². The fourth-order valence-electron chi connectivity index (χ4n) is 0.651. The molecule has 0 saturated carbocycles. The van der Waals surface area contributed by atoms with Crippen molar-refractivity contribution < 1.29 is 4.42 Å². The molecule has 0 N–H and O–H groups in total. The molecule has 0 atom stereocenters. The van der Waals surface area contributed by atoms with Crippen LogP contribution in [0.3, 0.4) is 0 Å². The number of hydrogen-bond donors (Lipinski definition) is 0. The summed E-state index contributed by atoms with van der Waals surface area (Å²) in [5.41, 5.74) is 0. The third-order valence-corrected chi connectivity index (χ3v) is 1.07. The quantitative estimate of drug-likeness (QED) is 0.581. The van der Waals surface area contributed by atoms with E-state index in [2.05, 4.69) is 26.3 Å². The van der Waals surface area contributed by atoms with E-state index in [0.29, 0.717) is 11.7 Å². The Kier molecular flexibility index (Phi) is 1.33. The van der Waals surface area contributed by atoms with Crippen LogP contribution in [0.4, 0.5) is 0 Å². The predicted octanol–water partition coefficient (Wildman–Crippen LogP) is 0.327. The van der Waals surface area contributed by atoms with Gasteiger partial charge in [-0.1, -0.05) is 0 Å². The Labute approximate surface area is 62.2 Å². The zero-order chi connectivity index (χ0) is 7.52. The Morgan fingerprint density at radius 1 is 1.36 bits per heavy atom. The highest BCUT2D eigenvalue weighted by Crippen LogP contribution is 2.07. The summed E-state index contributed by atoms with van der Waals surface area (Å²) in [6, 6.07) is 0. The van der Waals surface area contributed by atoms with Gasteiger partial charge in [0.1, 0.15) is 12.6 Å². The van der Waals surface area contributed by atoms with Crippen LogP contribution in [0.15, 0.2) is 23.2 Å². The summed E-state index contributed by atoms with van der Waals surface area (Å²) in [6.07, 6.45) is 6.71. The highest BCUT2D eigenvalue weighted by molar-refractivity contribution is 5.37. The number of nitrogens with zero attached hydrogens (tertiary/aromatic N) is 4. The minimum Gasteiger partial charge on any atom is -0.442 e. The molecular weight excluding hydrogens is 144 g/mol. The van der Waals surface area contributed by atoms with Crippen molar-refractivity contribution in [2.45, 2.75) is 0 Å². The zero-order valence-electron chi connectivity index (χ0n) is 5.43. The maximum atomic E-state index is 4.94. The molecule has 0 aliphatic carbocycles. The zero-order valence-corrected chi connectivity index (χ0v) is 5.43. The summed E-state index contributed by atoms with van der Waals surface area (Å²) in [5.74, 6) is 0.772. The predicted molar refractivity (Wildman–Crippen MR) is 34.2 cm³/mol. The monoisotopic (exact) mass is 147 g/mol. The van der Waals surface area contributed by atoms with Crippen LogP contribution in [0.1, 0.15) is 0 Å². The van der Waals surface area contributed by atoms with Crippen molar-refractivity contribution in [3.8, 4) is 11.7 Å². The van der Waals surface area contributed by atoms with E-state index < -0.39 is 0 Å². The van der Waals surface area contributed by atoms with Crippen LogP contribution in [-0.4, -0.2) is 19.9 Å². The Morgan fingerprint density at radius 2 is 2.36 bits per heavy atom. The third kappa shape index (κ3) is 1.07. The van der Waals surface area contributed by atoms with Crippen molar-refractivity contribution in [1.29, 1.82) is 0 Å². The average Bonchev–Trinajstić information content (AvgIpc) is 2.58. The molecule has 2 heterocycles. The molecule has 0 amide bonds. The van der Waals surface area contributed by atoms with Gasteiger partial charge in [0.25, 0.3) is 5.89 Å². The third-order valence-electron chi connectivity index (χ3n) is 1.07. The lowest BCUT2D eigenvalue weighted by molar-refractivity contribution is 0.568. The molecule has 2 aromatic heterocycles. The summed E-state index contributed by atoms with van der Waals surface area (Å²) in [4.78, 5) is 14.9. The Balaban J connectivity index is 2.46. The molecule has 0 bridgehead atoms. The molecule has 53 valence electrons. The molecule has 5 nitrogen and oxygen atoms in total. The average molecular weight is 147 g/mol. The molecule has 0 aromatic carbocycles. The van der Waals surface area contributed by atoms with Crippen LogP contribution >= 0.6 is 0 Å². The summed E-state index contributed by atoms with van der Waals surface area (Å²) in [7, 11) is 0. The van der Waals surface area contributed by atoms with Gasteiger partial charge in [0.05, 0.1) is 6.20 Å². The molecule has 0 aliphatic rings. The van der Waals surface area contributed by atoms with Gasteiger partial charge in [-0.3, -0.25) is 0 Å². The molecule has 5 heteroatoms. The lowest BCUT2D eigenvalue weighted by Gasteiger charge is -1.87. The van der Waals surface area contributed by atoms with Gasteiger partial charge in [0.2, 0.25) is 12.2 Å². The van der Waals surface area contributed by atoms with Gasteiger partial charge in [-0.05, 0) is 0 Å². The Hall–Kier alpha value is -1.78. The molecule has 11 heavy (non-hydrogen) atoms. The van der Waals surface area contributed by atoms with Crippen LogP contribution in [0, 0.1) is 6.33 Å². The topological polar surface area (TPSA) is 64.7 Å². The maximum Gasteiger partial charge on any atom is 0.264 e. The Morgan fingerprint density at radius 3 is 3.00 bits per heavy atom. The first-order chi connectivity index (χ1) is 5.47. The number of aromatic nitrogens is 4. The largest absolute Gasteiger partial charge is 0.442 e. The van der Waals surface area contributed by atoms with E-state index in [4.69, 9.17) is 4.42 Å². The number of oxazole rings is 1. The molecule has 2 rings (SSSR count). The number of hydrogen-bond acceptors (Lipinski definition) is 5. The van der Waals surface area contributed by atoms with Crippen molar-refractivity contribution in [2.24, 2.45) is 0 Å². The van der Waals surface area contributed by atoms with E-state index >= 15 is 0 Å². The first-order valence-electron chi connectivity index (χ1n) is 2.92. The van der Waals surface area contributed by atoms with Crippen molar-refractivity contribution in [3.05, 3.63) is 25.1 Å². The van der Waals surface area contributed by atoms with Crippen molar-refractivity contribution in [1.82, 2.24) is 19.9 Å². The molecule has 0 aliphatic heterocycles. The second-order valence-electron chi connectivity index (χ2n) is 1.75. The van der Waals surface area contributed by atoms with Crippen molar-refractivity contribution in [2.75, 3.05) is 0 Å². The van der Waals surface area contributed by atoms with E-state index in [9.17, 15) is 0 Å². The highest BCUT2D eigenvalue weighted by Gasteiger charge is 2.02. The van der Waals surface area contributed by atoms with Crippen LogP contribution in [-0.2, 0) is 0 Å². The first-order valence-corrected chi connectivity index (χ1v) is 2.92. The van der Waals surface area contributed by atoms with Crippen molar-refractivity contribution in [3.63, 3.8) is 0 Å². The van der Waals surface area contributed by atoms with Gasteiger partial charge in [0.15, 0.2) is 0 Å². The molecule has 0 spiro atoms. The summed E-state index contributed by atoms with van der Waals surface area (Å²) in [5, 5.41) is 0. The maximum absolute atomic E-state index is 4.94. The number of rotatable bonds is 1. The first kappa shape index (κ1) is 5.96. The van der Waals surface area contributed by atoms with Gasteiger partial charge in [0, 0.05) is 0 Å². The van der Waals surface area contributed by atoms with Crippen LogP contribution in [0.5, 0.6) is 0 Å². The standard InChI is InChI=1S/C6H3N4O/c1-2-11-6(8-1)5-9-3-7-4-10-5/h1-3H. The smallest absolute Gasteiger partial charge is 0.264 e. The molecule has 2 aromatic rings. The summed E-state index contributed by atoms with van der Waals surface area (Å²) in [6.45, 7) is 0. The van der Waals surface area contributed by atoms with Gasteiger partial charge in [-0.25, -0.2) is 19.9 Å². The molecule has 0 unspecified atom stereocenters. The minimum absolute atomic E-state index is 0.378.